The first kappa shape index (κ1) is 22.9. The van der Waals surface area contributed by atoms with Crippen LogP contribution in [0.5, 0.6) is 23.0 Å². The third-order valence-electron chi connectivity index (χ3n) is 7.25. The van der Waals surface area contributed by atoms with Gasteiger partial charge in [0.05, 0.1) is 26.2 Å². The molecule has 36 heavy (non-hydrogen) atoms. The summed E-state index contributed by atoms with van der Waals surface area (Å²) in [5, 5.41) is 1.10. The largest absolute Gasteiger partial charge is 0.493 e. The fraction of sp³-hybridized carbons (Fsp3) is 0.286. The number of ether oxygens (including phenoxy) is 3. The van der Waals surface area contributed by atoms with E-state index in [1.807, 2.05) is 30.3 Å². The van der Waals surface area contributed by atoms with Gasteiger partial charge in [-0.1, -0.05) is 18.2 Å². The zero-order chi connectivity index (χ0) is 24.8. The maximum absolute atomic E-state index is 12.8. The Morgan fingerprint density at radius 3 is 2.39 bits per heavy atom. The summed E-state index contributed by atoms with van der Waals surface area (Å²) in [5.74, 6) is 2.55. The SMILES string of the molecule is COc1cc2c(cc1OC)C1Cc3c([nH]c4cc(OS(=O)c5ccccc5)c(OC)cc34)CN1CC2. The predicted molar refractivity (Wildman–Crippen MR) is 138 cm³/mol. The Bertz CT molecular complexity index is 1470. The van der Waals surface area contributed by atoms with E-state index in [2.05, 4.69) is 22.0 Å². The molecular weight excluding hydrogens is 476 g/mol. The lowest BCUT2D eigenvalue weighted by Crippen LogP contribution is -2.39. The van der Waals surface area contributed by atoms with E-state index in [1.165, 1.54) is 22.4 Å². The van der Waals surface area contributed by atoms with Crippen LogP contribution in [-0.4, -0.2) is 42.0 Å². The standard InChI is InChI=1S/C28H28N2O5S/c1-32-25-11-17-9-10-30-16-23-20(12-24(30)19(17)13-26(25)33-2)21-14-27(34-3)28(15-22(21)29-23)35-36(31)18-7-5-4-6-8-18/h4-8,11,13-15,24,29H,9-10,12,16H2,1-3H3. The molecule has 0 bridgehead atoms. The monoisotopic (exact) mass is 504 g/mol. The second kappa shape index (κ2) is 9.19. The van der Waals surface area contributed by atoms with Crippen LogP contribution in [-0.2, 0) is 30.5 Å². The first-order valence-corrected chi connectivity index (χ1v) is 13.0. The van der Waals surface area contributed by atoms with Crippen molar-refractivity contribution in [3.8, 4) is 23.0 Å². The highest BCUT2D eigenvalue weighted by molar-refractivity contribution is 7.80. The van der Waals surface area contributed by atoms with Crippen LogP contribution in [0.4, 0.5) is 0 Å². The molecule has 8 heteroatoms. The summed E-state index contributed by atoms with van der Waals surface area (Å²) < 4.78 is 35.4. The molecule has 1 aromatic heterocycles. The number of nitrogens with zero attached hydrogens (tertiary/aromatic N) is 1. The lowest BCUT2D eigenvalue weighted by atomic mass is 9.85. The smallest absolute Gasteiger partial charge is 0.240 e. The molecule has 0 radical (unpaired) electrons. The molecule has 2 aliphatic rings. The van der Waals surface area contributed by atoms with Crippen LogP contribution in [0.2, 0.25) is 0 Å². The van der Waals surface area contributed by atoms with Gasteiger partial charge in [-0.05, 0) is 59.9 Å². The molecule has 2 atom stereocenters. The minimum absolute atomic E-state index is 0.257. The second-order valence-corrected chi connectivity index (χ2v) is 10.2. The number of nitrogens with one attached hydrogen (secondary N) is 1. The number of fused-ring (bicyclic) bond motifs is 6. The molecule has 0 aliphatic carbocycles. The third kappa shape index (κ3) is 3.81. The van der Waals surface area contributed by atoms with E-state index in [-0.39, 0.29) is 6.04 Å². The molecule has 186 valence electrons. The zero-order valence-corrected chi connectivity index (χ0v) is 21.3. The van der Waals surface area contributed by atoms with Gasteiger partial charge in [-0.3, -0.25) is 4.90 Å². The van der Waals surface area contributed by atoms with E-state index in [9.17, 15) is 4.21 Å². The number of H-pyrrole nitrogens is 1. The van der Waals surface area contributed by atoms with Crippen LogP contribution in [0.1, 0.15) is 28.4 Å². The molecule has 0 saturated carbocycles. The van der Waals surface area contributed by atoms with Crippen LogP contribution in [0, 0.1) is 0 Å². The Labute approximate surface area is 212 Å². The first-order valence-electron chi connectivity index (χ1n) is 11.9. The van der Waals surface area contributed by atoms with E-state index >= 15 is 0 Å². The normalized spacial score (nSPS) is 17.6. The summed E-state index contributed by atoms with van der Waals surface area (Å²) in [6, 6.07) is 17.5. The Morgan fingerprint density at radius 2 is 1.64 bits per heavy atom. The molecule has 3 aromatic carbocycles. The van der Waals surface area contributed by atoms with Gasteiger partial charge in [0.25, 0.3) is 0 Å². The average molecular weight is 505 g/mol. The fourth-order valence-electron chi connectivity index (χ4n) is 5.47. The Balaban J connectivity index is 1.37. The van der Waals surface area contributed by atoms with Gasteiger partial charge < -0.3 is 23.4 Å². The molecule has 6 rings (SSSR count). The minimum atomic E-state index is -1.64. The fourth-order valence-corrected chi connectivity index (χ4v) is 6.24. The van der Waals surface area contributed by atoms with E-state index in [0.29, 0.717) is 16.4 Å². The molecular formula is C28H28N2O5S. The van der Waals surface area contributed by atoms with Crippen molar-refractivity contribution < 1.29 is 22.6 Å². The van der Waals surface area contributed by atoms with Gasteiger partial charge in [-0.2, -0.15) is 0 Å². The van der Waals surface area contributed by atoms with Gasteiger partial charge >= 0.3 is 0 Å². The maximum Gasteiger partial charge on any atom is 0.240 e. The predicted octanol–water partition coefficient (Wildman–Crippen LogP) is 4.95. The van der Waals surface area contributed by atoms with Gasteiger partial charge in [0.2, 0.25) is 11.1 Å². The zero-order valence-electron chi connectivity index (χ0n) is 20.5. The lowest BCUT2D eigenvalue weighted by molar-refractivity contribution is 0.159. The molecule has 1 N–H and O–H groups in total. The van der Waals surface area contributed by atoms with Crippen molar-refractivity contribution in [3.05, 3.63) is 77.0 Å². The van der Waals surface area contributed by atoms with E-state index in [0.717, 1.165) is 48.3 Å². The van der Waals surface area contributed by atoms with Crippen molar-refractivity contribution in [1.29, 1.82) is 0 Å². The van der Waals surface area contributed by atoms with E-state index < -0.39 is 11.1 Å². The third-order valence-corrected chi connectivity index (χ3v) is 8.24. The number of rotatable bonds is 6. The Morgan fingerprint density at radius 1 is 0.917 bits per heavy atom. The topological polar surface area (TPSA) is 73.0 Å². The molecule has 0 spiro atoms. The van der Waals surface area contributed by atoms with Crippen LogP contribution in [0.3, 0.4) is 0 Å². The molecule has 2 aliphatic heterocycles. The summed E-state index contributed by atoms with van der Waals surface area (Å²) in [7, 11) is 4.97. The molecule has 0 amide bonds. The summed E-state index contributed by atoms with van der Waals surface area (Å²) in [4.78, 5) is 6.72. The Hall–Kier alpha value is -3.49. The van der Waals surface area contributed by atoms with Crippen molar-refractivity contribution in [2.24, 2.45) is 0 Å². The molecule has 0 saturated heterocycles. The highest BCUT2D eigenvalue weighted by Crippen LogP contribution is 2.45. The van der Waals surface area contributed by atoms with Gasteiger partial charge in [0.1, 0.15) is 0 Å². The van der Waals surface area contributed by atoms with Crippen LogP contribution >= 0.6 is 0 Å². The van der Waals surface area contributed by atoms with Crippen molar-refractivity contribution in [2.45, 2.75) is 30.3 Å². The van der Waals surface area contributed by atoms with Gasteiger partial charge in [0, 0.05) is 41.8 Å². The number of aromatic nitrogens is 1. The quantitative estimate of drug-likeness (QED) is 0.401. The van der Waals surface area contributed by atoms with Gasteiger partial charge in [-0.25, -0.2) is 4.21 Å². The molecule has 0 fully saturated rings. The van der Waals surface area contributed by atoms with Gasteiger partial charge in [-0.15, -0.1) is 0 Å². The van der Waals surface area contributed by atoms with Crippen molar-refractivity contribution >= 4 is 22.0 Å². The number of benzene rings is 3. The number of aromatic amines is 1. The highest BCUT2D eigenvalue weighted by atomic mass is 32.2. The number of hydrogen-bond acceptors (Lipinski definition) is 6. The van der Waals surface area contributed by atoms with E-state index in [1.54, 1.807) is 33.5 Å². The molecule has 2 unspecified atom stereocenters. The lowest BCUT2D eigenvalue weighted by Gasteiger charge is -2.40. The highest BCUT2D eigenvalue weighted by Gasteiger charge is 2.35. The van der Waals surface area contributed by atoms with Gasteiger partial charge in [0.15, 0.2) is 23.0 Å². The van der Waals surface area contributed by atoms with Crippen molar-refractivity contribution in [1.82, 2.24) is 9.88 Å². The van der Waals surface area contributed by atoms with Crippen molar-refractivity contribution in [3.63, 3.8) is 0 Å². The minimum Gasteiger partial charge on any atom is -0.493 e. The Kier molecular flexibility index (Phi) is 5.85. The molecule has 4 aromatic rings. The van der Waals surface area contributed by atoms with Crippen LogP contribution < -0.4 is 18.4 Å². The van der Waals surface area contributed by atoms with Crippen molar-refractivity contribution in [2.75, 3.05) is 27.9 Å². The first-order chi connectivity index (χ1) is 17.6. The van der Waals surface area contributed by atoms with E-state index in [4.69, 9.17) is 18.4 Å². The summed E-state index contributed by atoms with van der Waals surface area (Å²) >= 11 is -1.64. The maximum atomic E-state index is 12.8. The summed E-state index contributed by atoms with van der Waals surface area (Å²) in [6.07, 6.45) is 1.84. The second-order valence-electron chi connectivity index (χ2n) is 9.11. The average Bonchev–Trinajstić information content (AvgIpc) is 3.26. The number of methoxy groups -OCH3 is 3. The molecule has 7 nitrogen and oxygen atoms in total. The summed E-state index contributed by atoms with van der Waals surface area (Å²) in [5.41, 5.74) is 6.04. The van der Waals surface area contributed by atoms with Crippen LogP contribution in [0.25, 0.3) is 10.9 Å². The molecule has 3 heterocycles. The summed E-state index contributed by atoms with van der Waals surface area (Å²) in [6.45, 7) is 1.81. The van der Waals surface area contributed by atoms with Crippen LogP contribution in [0.15, 0.2) is 59.5 Å². The number of hydrogen-bond donors (Lipinski definition) is 1.